The largest absolute Gasteiger partial charge is 0.462 e. The summed E-state index contributed by atoms with van der Waals surface area (Å²) < 4.78 is 35.9. The molecule has 1 saturated heterocycles. The summed E-state index contributed by atoms with van der Waals surface area (Å²) in [5.74, 6) is -4.77. The highest BCUT2D eigenvalue weighted by Gasteiger charge is 2.36. The third kappa shape index (κ3) is 2.88. The Balaban J connectivity index is 2.35. The van der Waals surface area contributed by atoms with E-state index in [1.54, 1.807) is 13.8 Å². The van der Waals surface area contributed by atoms with Crippen LogP contribution in [0.3, 0.4) is 0 Å². The van der Waals surface area contributed by atoms with Gasteiger partial charge in [-0.1, -0.05) is 0 Å². The summed E-state index contributed by atoms with van der Waals surface area (Å²) in [5, 5.41) is -0.375. The molecule has 1 aromatic heterocycles. The molecule has 2 amide bonds. The van der Waals surface area contributed by atoms with Crippen molar-refractivity contribution in [2.75, 3.05) is 11.5 Å². The van der Waals surface area contributed by atoms with Crippen molar-refractivity contribution < 1.29 is 27.9 Å². The van der Waals surface area contributed by atoms with Crippen LogP contribution in [0.25, 0.3) is 10.9 Å². The molecular weight excluding hydrogens is 362 g/mol. The number of amides is 2. The smallest absolute Gasteiger partial charge is 0.343 e. The number of benzene rings is 1. The number of imide groups is 1. The average molecular weight is 378 g/mol. The molecule has 0 N–H and O–H groups in total. The first-order chi connectivity index (χ1) is 12.8. The average Bonchev–Trinajstić information content (AvgIpc) is 2.95. The van der Waals surface area contributed by atoms with Crippen molar-refractivity contribution >= 4 is 34.4 Å². The molecule has 1 fully saturated rings. The normalized spacial score (nSPS) is 14.3. The van der Waals surface area contributed by atoms with Crippen molar-refractivity contribution in [3.63, 3.8) is 0 Å². The molecule has 1 aromatic carbocycles. The minimum absolute atomic E-state index is 0.0310. The van der Waals surface area contributed by atoms with Crippen LogP contribution in [0.5, 0.6) is 0 Å². The van der Waals surface area contributed by atoms with E-state index in [-0.39, 0.29) is 42.5 Å². The Hall–Kier alpha value is -3.10. The Morgan fingerprint density at radius 2 is 1.78 bits per heavy atom. The second-order valence-corrected chi connectivity index (χ2v) is 5.92. The zero-order valence-electron chi connectivity index (χ0n) is 14.7. The van der Waals surface area contributed by atoms with Crippen molar-refractivity contribution in [2.45, 2.75) is 33.2 Å². The van der Waals surface area contributed by atoms with Crippen molar-refractivity contribution in [3.8, 4) is 0 Å². The number of rotatable bonds is 4. The number of carbonyl (C=O) groups excluding carboxylic acids is 3. The van der Waals surface area contributed by atoms with Crippen LogP contribution in [0.15, 0.2) is 17.1 Å². The summed E-state index contributed by atoms with van der Waals surface area (Å²) in [4.78, 5) is 48.8. The van der Waals surface area contributed by atoms with Gasteiger partial charge in [0, 0.05) is 25.6 Å². The molecular formula is C18H16F2N2O5. The molecule has 0 spiro atoms. The summed E-state index contributed by atoms with van der Waals surface area (Å²) >= 11 is 0. The van der Waals surface area contributed by atoms with Crippen LogP contribution >= 0.6 is 0 Å². The first-order valence-corrected chi connectivity index (χ1v) is 8.39. The third-order valence-corrected chi connectivity index (χ3v) is 4.34. The van der Waals surface area contributed by atoms with Gasteiger partial charge in [-0.2, -0.15) is 0 Å². The summed E-state index contributed by atoms with van der Waals surface area (Å²) in [6, 6.07) is 0.740. The quantitative estimate of drug-likeness (QED) is 0.601. The fraction of sp³-hybridized carbons (Fsp3) is 0.333. The number of aryl methyl sites for hydroxylation is 1. The third-order valence-electron chi connectivity index (χ3n) is 4.34. The van der Waals surface area contributed by atoms with Gasteiger partial charge >= 0.3 is 5.97 Å². The van der Waals surface area contributed by atoms with E-state index in [2.05, 4.69) is 0 Å². The minimum Gasteiger partial charge on any atom is -0.462 e. The molecule has 2 heterocycles. The lowest BCUT2D eigenvalue weighted by molar-refractivity contribution is -0.121. The SMILES string of the molecule is CCOC(=O)c1cn(CC)c2c(F)c(N3C(=O)CCC3=O)c(F)cc2c1=O. The second-order valence-electron chi connectivity index (χ2n) is 5.92. The van der Waals surface area contributed by atoms with Gasteiger partial charge in [-0.15, -0.1) is 0 Å². The second kappa shape index (κ2) is 6.90. The summed E-state index contributed by atoms with van der Waals surface area (Å²) in [6.45, 7) is 3.37. The fourth-order valence-electron chi connectivity index (χ4n) is 3.11. The van der Waals surface area contributed by atoms with Crippen molar-refractivity contribution in [2.24, 2.45) is 0 Å². The number of esters is 1. The maximum atomic E-state index is 15.2. The Morgan fingerprint density at radius 1 is 1.15 bits per heavy atom. The highest BCUT2D eigenvalue weighted by atomic mass is 19.1. The molecule has 1 aliphatic heterocycles. The predicted octanol–water partition coefficient (Wildman–Crippen LogP) is 2.13. The molecule has 27 heavy (non-hydrogen) atoms. The lowest BCUT2D eigenvalue weighted by Gasteiger charge is -2.19. The van der Waals surface area contributed by atoms with Crippen LogP contribution in [0, 0.1) is 11.6 Å². The number of fused-ring (bicyclic) bond motifs is 1. The first kappa shape index (κ1) is 18.7. The number of aromatic nitrogens is 1. The number of hydrogen-bond acceptors (Lipinski definition) is 5. The van der Waals surface area contributed by atoms with E-state index in [0.29, 0.717) is 4.90 Å². The summed E-state index contributed by atoms with van der Waals surface area (Å²) in [5.41, 5.74) is -2.34. The van der Waals surface area contributed by atoms with Crippen LogP contribution in [0.2, 0.25) is 0 Å². The van der Waals surface area contributed by atoms with Crippen molar-refractivity contribution in [1.82, 2.24) is 4.57 Å². The molecule has 1 aliphatic rings. The Labute approximate surface area is 152 Å². The lowest BCUT2D eigenvalue weighted by Crippen LogP contribution is -2.31. The molecule has 0 atom stereocenters. The minimum atomic E-state index is -1.23. The maximum Gasteiger partial charge on any atom is 0.343 e. The molecule has 9 heteroatoms. The number of hydrogen-bond donors (Lipinski definition) is 0. The van der Waals surface area contributed by atoms with Crippen LogP contribution < -0.4 is 10.3 Å². The molecule has 0 unspecified atom stereocenters. The standard InChI is InChI=1S/C18H16F2N2O5/c1-3-21-8-10(18(26)27-4-2)17(25)9-7-11(19)16(14(20)15(9)21)22-12(23)5-6-13(22)24/h7-8H,3-6H2,1-2H3. The first-order valence-electron chi connectivity index (χ1n) is 8.39. The van der Waals surface area contributed by atoms with E-state index < -0.39 is 40.5 Å². The summed E-state index contributed by atoms with van der Waals surface area (Å²) in [6.07, 6.45) is 0.845. The van der Waals surface area contributed by atoms with E-state index in [1.165, 1.54) is 4.57 Å². The molecule has 3 rings (SSSR count). The van der Waals surface area contributed by atoms with E-state index in [4.69, 9.17) is 4.74 Å². The number of pyridine rings is 1. The highest BCUT2D eigenvalue weighted by Crippen LogP contribution is 2.33. The summed E-state index contributed by atoms with van der Waals surface area (Å²) in [7, 11) is 0. The topological polar surface area (TPSA) is 85.7 Å². The number of anilines is 1. The molecule has 0 bridgehead atoms. The van der Waals surface area contributed by atoms with Crippen molar-refractivity contribution in [1.29, 1.82) is 0 Å². The van der Waals surface area contributed by atoms with Gasteiger partial charge in [0.25, 0.3) is 0 Å². The monoisotopic (exact) mass is 378 g/mol. The van der Waals surface area contributed by atoms with E-state index >= 15 is 4.39 Å². The van der Waals surface area contributed by atoms with Crippen LogP contribution in [-0.4, -0.2) is 29.0 Å². The van der Waals surface area contributed by atoms with Crippen LogP contribution in [0.4, 0.5) is 14.5 Å². The van der Waals surface area contributed by atoms with Gasteiger partial charge in [-0.3, -0.25) is 14.4 Å². The van der Waals surface area contributed by atoms with Gasteiger partial charge in [0.05, 0.1) is 17.5 Å². The molecule has 7 nitrogen and oxygen atoms in total. The van der Waals surface area contributed by atoms with Gasteiger partial charge in [0.15, 0.2) is 11.6 Å². The van der Waals surface area contributed by atoms with E-state index in [9.17, 15) is 23.6 Å². The van der Waals surface area contributed by atoms with Gasteiger partial charge in [-0.25, -0.2) is 18.5 Å². The molecule has 0 saturated carbocycles. The van der Waals surface area contributed by atoms with Gasteiger partial charge in [0.2, 0.25) is 17.2 Å². The Morgan fingerprint density at radius 3 is 2.33 bits per heavy atom. The molecule has 0 radical (unpaired) electrons. The number of carbonyl (C=O) groups is 3. The number of halogens is 2. The fourth-order valence-corrected chi connectivity index (χ4v) is 3.11. The Bertz CT molecular complexity index is 1030. The molecule has 142 valence electrons. The number of ether oxygens (including phenoxy) is 1. The van der Waals surface area contributed by atoms with Gasteiger partial charge in [-0.05, 0) is 19.9 Å². The maximum absolute atomic E-state index is 15.2. The van der Waals surface area contributed by atoms with E-state index in [0.717, 1.165) is 12.3 Å². The van der Waals surface area contributed by atoms with Gasteiger partial charge in [0.1, 0.15) is 11.3 Å². The number of nitrogens with zero attached hydrogens (tertiary/aromatic N) is 2. The van der Waals surface area contributed by atoms with E-state index in [1.807, 2.05) is 0 Å². The molecule has 2 aromatic rings. The highest BCUT2D eigenvalue weighted by molar-refractivity contribution is 6.20. The van der Waals surface area contributed by atoms with Crippen LogP contribution in [0.1, 0.15) is 37.0 Å². The zero-order chi connectivity index (χ0) is 19.9. The lowest BCUT2D eigenvalue weighted by atomic mass is 10.1. The predicted molar refractivity (Wildman–Crippen MR) is 91.5 cm³/mol. The zero-order valence-corrected chi connectivity index (χ0v) is 14.7. The van der Waals surface area contributed by atoms with Crippen LogP contribution in [-0.2, 0) is 20.9 Å². The Kier molecular flexibility index (Phi) is 4.77. The van der Waals surface area contributed by atoms with Gasteiger partial charge < -0.3 is 9.30 Å². The molecule has 0 aliphatic carbocycles. The van der Waals surface area contributed by atoms with Crippen molar-refractivity contribution in [3.05, 3.63) is 39.7 Å².